The van der Waals surface area contributed by atoms with Gasteiger partial charge in [0, 0.05) is 31.6 Å². The molecule has 186 valence electrons. The van der Waals surface area contributed by atoms with E-state index in [2.05, 4.69) is 16.7 Å². The predicted octanol–water partition coefficient (Wildman–Crippen LogP) is 2.89. The van der Waals surface area contributed by atoms with Crippen molar-refractivity contribution in [3.63, 3.8) is 0 Å². The van der Waals surface area contributed by atoms with Crippen LogP contribution in [-0.2, 0) is 9.59 Å². The molecule has 2 aliphatic rings. The molecular formula is C25H29F2N5O3. The van der Waals surface area contributed by atoms with E-state index in [1.54, 1.807) is 0 Å². The van der Waals surface area contributed by atoms with E-state index in [0.717, 1.165) is 18.6 Å². The molecule has 2 fully saturated rings. The zero-order chi connectivity index (χ0) is 25.5. The highest BCUT2D eigenvalue weighted by molar-refractivity contribution is 6.00. The lowest BCUT2D eigenvalue weighted by atomic mass is 9.78. The quantitative estimate of drug-likeness (QED) is 0.679. The summed E-state index contributed by atoms with van der Waals surface area (Å²) < 4.78 is 30.3. The van der Waals surface area contributed by atoms with Crippen LogP contribution in [0.1, 0.15) is 56.1 Å². The first-order chi connectivity index (χ1) is 16.6. The van der Waals surface area contributed by atoms with Gasteiger partial charge in [0.25, 0.3) is 5.91 Å². The predicted molar refractivity (Wildman–Crippen MR) is 124 cm³/mol. The highest BCUT2D eigenvalue weighted by atomic mass is 19.1. The van der Waals surface area contributed by atoms with Crippen LogP contribution in [0.2, 0.25) is 0 Å². The zero-order valence-electron chi connectivity index (χ0n) is 20.0. The minimum absolute atomic E-state index is 0.0174. The van der Waals surface area contributed by atoms with Crippen LogP contribution >= 0.6 is 0 Å². The van der Waals surface area contributed by atoms with Crippen LogP contribution in [0.3, 0.4) is 0 Å². The summed E-state index contributed by atoms with van der Waals surface area (Å²) in [6, 6.07) is 3.49. The zero-order valence-corrected chi connectivity index (χ0v) is 20.0. The first kappa shape index (κ1) is 24.6. The van der Waals surface area contributed by atoms with Crippen molar-refractivity contribution in [1.82, 2.24) is 20.1 Å². The van der Waals surface area contributed by atoms with Gasteiger partial charge in [0.05, 0.1) is 17.0 Å². The Hall–Kier alpha value is -3.48. The molecule has 0 unspecified atom stereocenters. The number of rotatable bonds is 5. The summed E-state index contributed by atoms with van der Waals surface area (Å²) in [5.74, 6) is -2.86. The highest BCUT2D eigenvalue weighted by Gasteiger charge is 2.52. The molecule has 0 saturated carbocycles. The summed E-state index contributed by atoms with van der Waals surface area (Å²) >= 11 is 0. The van der Waals surface area contributed by atoms with Gasteiger partial charge in [0.15, 0.2) is 0 Å². The molecular weight excluding hydrogens is 456 g/mol. The van der Waals surface area contributed by atoms with Crippen LogP contribution < -0.4 is 10.6 Å². The summed E-state index contributed by atoms with van der Waals surface area (Å²) in [7, 11) is 1.41. The highest BCUT2D eigenvalue weighted by Crippen LogP contribution is 2.42. The lowest BCUT2D eigenvalue weighted by Crippen LogP contribution is -2.48. The fraction of sp³-hybridized carbons (Fsp3) is 0.520. The molecule has 0 aliphatic carbocycles. The molecule has 2 saturated heterocycles. The number of hydrogen-bond acceptors (Lipinski definition) is 4. The summed E-state index contributed by atoms with van der Waals surface area (Å²) in [5, 5.41) is 15.2. The second-order valence-electron chi connectivity index (χ2n) is 9.90. The normalized spacial score (nSPS) is 22.9. The Morgan fingerprint density at radius 1 is 1.31 bits per heavy atom. The fourth-order valence-electron chi connectivity index (χ4n) is 5.45. The molecule has 35 heavy (non-hydrogen) atoms. The maximum Gasteiger partial charge on any atom is 0.267 e. The molecule has 3 atom stereocenters. The Kier molecular flexibility index (Phi) is 6.54. The number of hydrogen-bond donors (Lipinski definition) is 2. The summed E-state index contributed by atoms with van der Waals surface area (Å²) in [6.45, 7) is 4.44. The molecule has 2 N–H and O–H groups in total. The Morgan fingerprint density at radius 3 is 2.69 bits per heavy atom. The molecule has 1 spiro atoms. The van der Waals surface area contributed by atoms with Gasteiger partial charge in [-0.25, -0.2) is 8.78 Å². The topological polar surface area (TPSA) is 107 Å². The van der Waals surface area contributed by atoms with Crippen molar-refractivity contribution in [2.75, 3.05) is 20.1 Å². The third kappa shape index (κ3) is 4.24. The number of amides is 3. The molecule has 1 aromatic carbocycles. The maximum atomic E-state index is 14.7. The molecule has 0 radical (unpaired) electrons. The SMILES string of the molecule is CNC(=O)c1cc2c(F)cc(F)cc2n1[C@@H](CC(C)C)C(=O)N1C[C@]2(CCCNC2=O)C[C@H]1C#N. The first-order valence-corrected chi connectivity index (χ1v) is 11.8. The standard InChI is InChI=1S/C25H29F2N5O3/c1-14(2)7-21(23(34)31-13-25(11-16(31)12-28)5-4-6-30-24(25)35)32-19-9-15(26)8-18(27)17(19)10-20(32)22(33)29-3/h8-10,14,16,21H,4-7,11,13H2,1-3H3,(H,29,33)(H,30,35)/t16-,21-,25-/m0/s1. The van der Waals surface area contributed by atoms with E-state index >= 15 is 0 Å². The Labute approximate surface area is 202 Å². The van der Waals surface area contributed by atoms with E-state index in [1.807, 2.05) is 13.8 Å². The third-order valence-corrected chi connectivity index (χ3v) is 7.09. The van der Waals surface area contributed by atoms with Crippen molar-refractivity contribution in [1.29, 1.82) is 5.26 Å². The first-order valence-electron chi connectivity index (χ1n) is 11.8. The van der Waals surface area contributed by atoms with Gasteiger partial charge in [-0.2, -0.15) is 5.26 Å². The second-order valence-corrected chi connectivity index (χ2v) is 9.90. The number of carbonyl (C=O) groups is 3. The second kappa shape index (κ2) is 9.29. The van der Waals surface area contributed by atoms with Crippen LogP contribution in [0.25, 0.3) is 10.9 Å². The number of piperidine rings is 1. The summed E-state index contributed by atoms with van der Waals surface area (Å²) in [5.41, 5.74) is -0.737. The van der Waals surface area contributed by atoms with Crippen molar-refractivity contribution in [2.24, 2.45) is 11.3 Å². The summed E-state index contributed by atoms with van der Waals surface area (Å²) in [6.07, 6.45) is 1.82. The van der Waals surface area contributed by atoms with Crippen molar-refractivity contribution in [3.05, 3.63) is 35.5 Å². The number of halogens is 2. The van der Waals surface area contributed by atoms with Gasteiger partial charge in [-0.05, 0) is 43.7 Å². The molecule has 3 amide bonds. The van der Waals surface area contributed by atoms with Crippen molar-refractivity contribution >= 4 is 28.6 Å². The Morgan fingerprint density at radius 2 is 2.06 bits per heavy atom. The lowest BCUT2D eigenvalue weighted by molar-refractivity contribution is -0.137. The van der Waals surface area contributed by atoms with E-state index in [4.69, 9.17) is 0 Å². The number of fused-ring (bicyclic) bond motifs is 1. The van der Waals surface area contributed by atoms with Crippen LogP contribution in [0.15, 0.2) is 18.2 Å². The Bertz CT molecular complexity index is 1230. The van der Waals surface area contributed by atoms with E-state index in [0.29, 0.717) is 13.0 Å². The van der Waals surface area contributed by atoms with E-state index < -0.39 is 40.9 Å². The molecule has 2 aromatic rings. The lowest BCUT2D eigenvalue weighted by Gasteiger charge is -2.33. The van der Waals surface area contributed by atoms with E-state index in [9.17, 15) is 28.4 Å². The number of nitrogens with one attached hydrogen (secondary N) is 2. The van der Waals surface area contributed by atoms with E-state index in [-0.39, 0.29) is 47.8 Å². The summed E-state index contributed by atoms with van der Waals surface area (Å²) in [4.78, 5) is 41.0. The van der Waals surface area contributed by atoms with Gasteiger partial charge in [0.2, 0.25) is 11.8 Å². The molecule has 1 aromatic heterocycles. The molecule has 2 aliphatic heterocycles. The van der Waals surface area contributed by atoms with Crippen molar-refractivity contribution < 1.29 is 23.2 Å². The average molecular weight is 486 g/mol. The number of nitriles is 1. The number of benzene rings is 1. The molecule has 0 bridgehead atoms. The minimum atomic E-state index is -1.00. The van der Waals surface area contributed by atoms with Crippen molar-refractivity contribution in [3.8, 4) is 6.07 Å². The third-order valence-electron chi connectivity index (χ3n) is 7.09. The molecule has 4 rings (SSSR count). The van der Waals surface area contributed by atoms with Crippen LogP contribution in [0.5, 0.6) is 0 Å². The molecule has 10 heteroatoms. The smallest absolute Gasteiger partial charge is 0.267 e. The Balaban J connectivity index is 1.85. The van der Waals surface area contributed by atoms with Gasteiger partial charge >= 0.3 is 0 Å². The largest absolute Gasteiger partial charge is 0.356 e. The fourth-order valence-corrected chi connectivity index (χ4v) is 5.45. The van der Waals surface area contributed by atoms with Crippen LogP contribution in [0, 0.1) is 34.3 Å². The monoisotopic (exact) mass is 485 g/mol. The number of nitrogens with zero attached hydrogens (tertiary/aromatic N) is 3. The van der Waals surface area contributed by atoms with E-state index in [1.165, 1.54) is 22.6 Å². The van der Waals surface area contributed by atoms with Gasteiger partial charge in [0.1, 0.15) is 29.4 Å². The maximum absolute atomic E-state index is 14.7. The van der Waals surface area contributed by atoms with Gasteiger partial charge in [-0.15, -0.1) is 0 Å². The number of likely N-dealkylation sites (tertiary alicyclic amines) is 1. The molecule has 3 heterocycles. The molecule has 8 nitrogen and oxygen atoms in total. The van der Waals surface area contributed by atoms with Crippen molar-refractivity contribution in [2.45, 2.75) is 51.6 Å². The van der Waals surface area contributed by atoms with Crippen LogP contribution in [-0.4, -0.2) is 53.4 Å². The average Bonchev–Trinajstić information content (AvgIpc) is 3.38. The number of aromatic nitrogens is 1. The van der Waals surface area contributed by atoms with Gasteiger partial charge in [-0.1, -0.05) is 13.8 Å². The number of carbonyl (C=O) groups excluding carboxylic acids is 3. The van der Waals surface area contributed by atoms with Gasteiger partial charge < -0.3 is 20.1 Å². The van der Waals surface area contributed by atoms with Crippen LogP contribution in [0.4, 0.5) is 8.78 Å². The van der Waals surface area contributed by atoms with Gasteiger partial charge in [-0.3, -0.25) is 14.4 Å². The minimum Gasteiger partial charge on any atom is -0.356 e.